The zero-order chi connectivity index (χ0) is 17.9. The molecule has 0 radical (unpaired) electrons. The van der Waals surface area contributed by atoms with Crippen LogP contribution in [0.1, 0.15) is 12.5 Å². The standard InChI is InChI=1S/C16H17NO6S/c1-9(15(19)23-4)17-14(18)13(24-16(17)20)8-10-5-6-11(21-2)12(7-10)22-3/h5-9H,1-4H3/b13-8-. The Morgan fingerprint density at radius 3 is 2.42 bits per heavy atom. The minimum absolute atomic E-state index is 0.225. The van der Waals surface area contributed by atoms with Crippen molar-refractivity contribution in [3.05, 3.63) is 28.7 Å². The van der Waals surface area contributed by atoms with Gasteiger partial charge in [-0.15, -0.1) is 0 Å². The zero-order valence-electron chi connectivity index (χ0n) is 13.7. The monoisotopic (exact) mass is 351 g/mol. The van der Waals surface area contributed by atoms with Crippen molar-refractivity contribution in [1.82, 2.24) is 4.90 Å². The maximum Gasteiger partial charge on any atom is 0.328 e. The van der Waals surface area contributed by atoms with E-state index in [1.54, 1.807) is 24.3 Å². The molecule has 0 N–H and O–H groups in total. The summed E-state index contributed by atoms with van der Waals surface area (Å²) in [5.74, 6) is -0.113. The lowest BCUT2D eigenvalue weighted by molar-refractivity contribution is -0.148. The third kappa shape index (κ3) is 3.38. The highest BCUT2D eigenvalue weighted by molar-refractivity contribution is 8.18. The Balaban J connectivity index is 2.30. The maximum atomic E-state index is 12.4. The fourth-order valence-corrected chi connectivity index (χ4v) is 3.09. The summed E-state index contributed by atoms with van der Waals surface area (Å²) in [6.07, 6.45) is 1.57. The van der Waals surface area contributed by atoms with Crippen LogP contribution >= 0.6 is 11.8 Å². The molecule has 0 aromatic heterocycles. The molecule has 7 nitrogen and oxygen atoms in total. The van der Waals surface area contributed by atoms with Gasteiger partial charge in [0.25, 0.3) is 11.1 Å². The highest BCUT2D eigenvalue weighted by Gasteiger charge is 2.41. The Morgan fingerprint density at radius 1 is 1.17 bits per heavy atom. The van der Waals surface area contributed by atoms with Crippen LogP contribution in [-0.4, -0.2) is 49.4 Å². The number of thioether (sulfide) groups is 1. The lowest BCUT2D eigenvalue weighted by atomic mass is 10.1. The minimum Gasteiger partial charge on any atom is -0.493 e. The maximum absolute atomic E-state index is 12.4. The molecular formula is C16H17NO6S. The van der Waals surface area contributed by atoms with E-state index < -0.39 is 23.2 Å². The number of carbonyl (C=O) groups excluding carboxylic acids is 3. The molecule has 8 heteroatoms. The number of carbonyl (C=O) groups is 3. The van der Waals surface area contributed by atoms with E-state index in [9.17, 15) is 14.4 Å². The molecule has 1 unspecified atom stereocenters. The van der Waals surface area contributed by atoms with Crippen LogP contribution < -0.4 is 9.47 Å². The van der Waals surface area contributed by atoms with Gasteiger partial charge in [0.05, 0.1) is 26.2 Å². The number of methoxy groups -OCH3 is 3. The zero-order valence-corrected chi connectivity index (χ0v) is 14.5. The van der Waals surface area contributed by atoms with Crippen molar-refractivity contribution in [1.29, 1.82) is 0 Å². The molecule has 2 amide bonds. The van der Waals surface area contributed by atoms with E-state index in [4.69, 9.17) is 9.47 Å². The number of rotatable bonds is 5. The minimum atomic E-state index is -0.973. The van der Waals surface area contributed by atoms with E-state index in [0.29, 0.717) is 17.1 Å². The van der Waals surface area contributed by atoms with E-state index in [2.05, 4.69) is 4.74 Å². The number of imide groups is 1. The van der Waals surface area contributed by atoms with Gasteiger partial charge in [-0.25, -0.2) is 4.79 Å². The summed E-state index contributed by atoms with van der Waals surface area (Å²) in [6.45, 7) is 1.45. The summed E-state index contributed by atoms with van der Waals surface area (Å²) in [4.78, 5) is 37.2. The molecule has 1 atom stereocenters. The first-order valence-corrected chi connectivity index (χ1v) is 7.81. The van der Waals surface area contributed by atoms with Gasteiger partial charge in [0.15, 0.2) is 11.5 Å². The van der Waals surface area contributed by atoms with E-state index >= 15 is 0 Å². The fraction of sp³-hybridized carbons (Fsp3) is 0.312. The van der Waals surface area contributed by atoms with Gasteiger partial charge in [-0.05, 0) is 42.5 Å². The molecule has 128 valence electrons. The topological polar surface area (TPSA) is 82.1 Å². The van der Waals surface area contributed by atoms with Crippen LogP contribution in [0.3, 0.4) is 0 Å². The van der Waals surface area contributed by atoms with Crippen LogP contribution in [0, 0.1) is 0 Å². The van der Waals surface area contributed by atoms with E-state index in [1.807, 2.05) is 0 Å². The Labute approximate surface area is 143 Å². The number of benzene rings is 1. The van der Waals surface area contributed by atoms with E-state index in [1.165, 1.54) is 28.3 Å². The molecular weight excluding hydrogens is 334 g/mol. The second-order valence-electron chi connectivity index (χ2n) is 4.87. The SMILES string of the molecule is COC(=O)C(C)N1C(=O)S/C(=C\c2ccc(OC)c(OC)c2)C1=O. The molecule has 0 aliphatic carbocycles. The molecule has 1 fully saturated rings. The molecule has 0 spiro atoms. The first-order chi connectivity index (χ1) is 11.4. The average molecular weight is 351 g/mol. The predicted octanol–water partition coefficient (Wildman–Crippen LogP) is 2.30. The van der Waals surface area contributed by atoms with Crippen LogP contribution in [0.25, 0.3) is 6.08 Å². The van der Waals surface area contributed by atoms with Crippen molar-refractivity contribution in [3.63, 3.8) is 0 Å². The lowest BCUT2D eigenvalue weighted by Gasteiger charge is -2.18. The van der Waals surface area contributed by atoms with Crippen molar-refractivity contribution < 1.29 is 28.6 Å². The van der Waals surface area contributed by atoms with Gasteiger partial charge in [-0.1, -0.05) is 6.07 Å². The normalized spacial score (nSPS) is 17.2. The number of hydrogen-bond acceptors (Lipinski definition) is 7. The smallest absolute Gasteiger partial charge is 0.328 e. The largest absolute Gasteiger partial charge is 0.493 e. The Hall–Kier alpha value is -2.48. The second kappa shape index (κ2) is 7.39. The van der Waals surface area contributed by atoms with Crippen LogP contribution in [0.15, 0.2) is 23.1 Å². The van der Waals surface area contributed by atoms with Gasteiger partial charge >= 0.3 is 5.97 Å². The van der Waals surface area contributed by atoms with Gasteiger partial charge in [0.1, 0.15) is 6.04 Å². The van der Waals surface area contributed by atoms with Gasteiger partial charge < -0.3 is 14.2 Å². The third-order valence-corrected chi connectivity index (χ3v) is 4.34. The molecule has 1 aromatic rings. The van der Waals surface area contributed by atoms with Crippen molar-refractivity contribution in [3.8, 4) is 11.5 Å². The van der Waals surface area contributed by atoms with E-state index in [0.717, 1.165) is 16.7 Å². The molecule has 1 heterocycles. The highest BCUT2D eigenvalue weighted by atomic mass is 32.2. The van der Waals surface area contributed by atoms with Gasteiger partial charge in [0, 0.05) is 0 Å². The molecule has 2 rings (SSSR count). The fourth-order valence-electron chi connectivity index (χ4n) is 2.18. The molecule has 0 saturated carbocycles. The second-order valence-corrected chi connectivity index (χ2v) is 5.86. The Morgan fingerprint density at radius 2 is 1.83 bits per heavy atom. The Bertz CT molecular complexity index is 715. The number of amides is 2. The molecule has 1 aliphatic rings. The number of nitrogens with zero attached hydrogens (tertiary/aromatic N) is 1. The summed E-state index contributed by atoms with van der Waals surface area (Å²) in [5, 5.41) is -0.510. The summed E-state index contributed by atoms with van der Waals surface area (Å²) in [7, 11) is 4.24. The summed E-state index contributed by atoms with van der Waals surface area (Å²) in [6, 6.07) is 4.15. The van der Waals surface area contributed by atoms with Gasteiger partial charge in [-0.2, -0.15) is 0 Å². The van der Waals surface area contributed by atoms with Crippen molar-refractivity contribution in [2.24, 2.45) is 0 Å². The average Bonchev–Trinajstić information content (AvgIpc) is 2.86. The quantitative estimate of drug-likeness (QED) is 0.594. The first kappa shape index (κ1) is 17.9. The molecule has 1 saturated heterocycles. The van der Waals surface area contributed by atoms with Crippen LogP contribution in [-0.2, 0) is 14.3 Å². The van der Waals surface area contributed by atoms with Gasteiger partial charge in [-0.3, -0.25) is 14.5 Å². The summed E-state index contributed by atoms with van der Waals surface area (Å²) >= 11 is 0.775. The van der Waals surface area contributed by atoms with Crippen LogP contribution in [0.5, 0.6) is 11.5 Å². The summed E-state index contributed by atoms with van der Waals surface area (Å²) in [5.41, 5.74) is 0.670. The van der Waals surface area contributed by atoms with Crippen molar-refractivity contribution in [2.75, 3.05) is 21.3 Å². The van der Waals surface area contributed by atoms with Gasteiger partial charge in [0.2, 0.25) is 0 Å². The molecule has 0 bridgehead atoms. The van der Waals surface area contributed by atoms with Crippen LogP contribution in [0.4, 0.5) is 4.79 Å². The van der Waals surface area contributed by atoms with Crippen molar-refractivity contribution >= 4 is 35.0 Å². The highest BCUT2D eigenvalue weighted by Crippen LogP contribution is 2.35. The predicted molar refractivity (Wildman–Crippen MR) is 88.8 cm³/mol. The number of hydrogen-bond donors (Lipinski definition) is 0. The molecule has 1 aromatic carbocycles. The first-order valence-electron chi connectivity index (χ1n) is 6.99. The van der Waals surface area contributed by atoms with Crippen LogP contribution in [0.2, 0.25) is 0 Å². The molecule has 24 heavy (non-hydrogen) atoms. The molecule has 1 aliphatic heterocycles. The van der Waals surface area contributed by atoms with E-state index in [-0.39, 0.29) is 4.91 Å². The number of esters is 1. The summed E-state index contributed by atoms with van der Waals surface area (Å²) < 4.78 is 15.0. The number of ether oxygens (including phenoxy) is 3. The Kier molecular flexibility index (Phi) is 5.50. The van der Waals surface area contributed by atoms with Crippen molar-refractivity contribution in [2.45, 2.75) is 13.0 Å². The lowest BCUT2D eigenvalue weighted by Crippen LogP contribution is -2.42. The third-order valence-electron chi connectivity index (χ3n) is 3.46.